The lowest BCUT2D eigenvalue weighted by Crippen LogP contribution is -2.36. The fourth-order valence-corrected chi connectivity index (χ4v) is 1.55. The predicted octanol–water partition coefficient (Wildman–Crippen LogP) is 1.21. The van der Waals surface area contributed by atoms with Gasteiger partial charge < -0.3 is 15.7 Å². The number of nitrogens with two attached hydrogens (primary N) is 1. The molecule has 3 N–H and O–H groups in total. The van der Waals surface area contributed by atoms with Crippen molar-refractivity contribution < 1.29 is 5.11 Å². The van der Waals surface area contributed by atoms with E-state index in [0.29, 0.717) is 12.6 Å². The molecule has 0 amide bonds. The third kappa shape index (κ3) is 5.58. The fourth-order valence-electron chi connectivity index (χ4n) is 1.55. The van der Waals surface area contributed by atoms with E-state index in [1.165, 1.54) is 0 Å². The Labute approximate surface area is 88.3 Å². The van der Waals surface area contributed by atoms with Gasteiger partial charge >= 0.3 is 0 Å². The van der Waals surface area contributed by atoms with Crippen LogP contribution in [0.15, 0.2) is 0 Å². The van der Waals surface area contributed by atoms with Gasteiger partial charge in [-0.05, 0) is 46.7 Å². The molecule has 14 heavy (non-hydrogen) atoms. The van der Waals surface area contributed by atoms with Crippen LogP contribution in [0, 0.1) is 0 Å². The topological polar surface area (TPSA) is 49.5 Å². The number of hydrogen-bond donors (Lipinski definition) is 2. The van der Waals surface area contributed by atoms with Gasteiger partial charge in [0.15, 0.2) is 0 Å². The van der Waals surface area contributed by atoms with Crippen molar-refractivity contribution in [2.75, 3.05) is 19.6 Å². The second-order valence-electron chi connectivity index (χ2n) is 4.53. The zero-order chi connectivity index (χ0) is 11.2. The Morgan fingerprint density at radius 2 is 2.00 bits per heavy atom. The van der Waals surface area contributed by atoms with Crippen LogP contribution in [0.4, 0.5) is 0 Å². The lowest BCUT2D eigenvalue weighted by molar-refractivity contribution is 0.0533. The molecule has 0 aromatic carbocycles. The van der Waals surface area contributed by atoms with Gasteiger partial charge in [-0.3, -0.25) is 0 Å². The Kier molecular flexibility index (Phi) is 6.33. The summed E-state index contributed by atoms with van der Waals surface area (Å²) in [6.07, 6.45) is 1.79. The van der Waals surface area contributed by atoms with E-state index in [-0.39, 0.29) is 0 Å². The number of aliphatic hydroxyl groups is 1. The highest BCUT2D eigenvalue weighted by atomic mass is 16.3. The van der Waals surface area contributed by atoms with Gasteiger partial charge in [-0.1, -0.05) is 6.92 Å². The lowest BCUT2D eigenvalue weighted by Gasteiger charge is -2.27. The summed E-state index contributed by atoms with van der Waals surface area (Å²) in [5.74, 6) is 0. The van der Waals surface area contributed by atoms with E-state index in [1.807, 2.05) is 0 Å². The van der Waals surface area contributed by atoms with Gasteiger partial charge in [-0.25, -0.2) is 0 Å². The molecule has 0 saturated heterocycles. The maximum Gasteiger partial charge on any atom is 0.0741 e. The van der Waals surface area contributed by atoms with Gasteiger partial charge in [0.25, 0.3) is 0 Å². The Morgan fingerprint density at radius 1 is 1.43 bits per heavy atom. The van der Waals surface area contributed by atoms with Crippen LogP contribution in [-0.2, 0) is 0 Å². The van der Waals surface area contributed by atoms with E-state index < -0.39 is 5.60 Å². The molecule has 1 atom stereocenters. The third-order valence-electron chi connectivity index (χ3n) is 2.74. The molecule has 3 heteroatoms. The number of hydrogen-bond acceptors (Lipinski definition) is 3. The maximum absolute atomic E-state index is 9.70. The molecule has 0 aliphatic heterocycles. The van der Waals surface area contributed by atoms with Crippen molar-refractivity contribution in [3.8, 4) is 0 Å². The molecule has 0 saturated carbocycles. The molecule has 3 nitrogen and oxygen atoms in total. The molecular weight excluding hydrogens is 176 g/mol. The Balaban J connectivity index is 3.71. The van der Waals surface area contributed by atoms with Crippen molar-refractivity contribution in [1.29, 1.82) is 0 Å². The normalized spacial score (nSPS) is 16.3. The molecule has 0 radical (unpaired) electrons. The van der Waals surface area contributed by atoms with Gasteiger partial charge in [0.05, 0.1) is 5.60 Å². The van der Waals surface area contributed by atoms with E-state index in [2.05, 4.69) is 25.7 Å². The van der Waals surface area contributed by atoms with Crippen LogP contribution in [0.5, 0.6) is 0 Å². The van der Waals surface area contributed by atoms with Crippen molar-refractivity contribution in [3.05, 3.63) is 0 Å². The van der Waals surface area contributed by atoms with E-state index in [9.17, 15) is 5.11 Å². The second-order valence-corrected chi connectivity index (χ2v) is 4.53. The first-order valence-electron chi connectivity index (χ1n) is 5.59. The average molecular weight is 202 g/mol. The molecule has 0 fully saturated rings. The SMILES string of the molecule is CCN(CCCC(C)(O)CN)C(C)C. The van der Waals surface area contributed by atoms with Crippen molar-refractivity contribution in [3.63, 3.8) is 0 Å². The summed E-state index contributed by atoms with van der Waals surface area (Å²) in [5, 5.41) is 9.70. The van der Waals surface area contributed by atoms with E-state index >= 15 is 0 Å². The van der Waals surface area contributed by atoms with Crippen LogP contribution >= 0.6 is 0 Å². The minimum absolute atomic E-state index is 0.348. The summed E-state index contributed by atoms with van der Waals surface area (Å²) in [6, 6.07) is 0.586. The molecule has 0 aliphatic carbocycles. The third-order valence-corrected chi connectivity index (χ3v) is 2.74. The zero-order valence-electron chi connectivity index (χ0n) is 10.1. The van der Waals surface area contributed by atoms with E-state index in [4.69, 9.17) is 5.73 Å². The molecule has 0 aromatic rings. The monoisotopic (exact) mass is 202 g/mol. The number of nitrogens with zero attached hydrogens (tertiary/aromatic N) is 1. The van der Waals surface area contributed by atoms with Crippen molar-refractivity contribution in [2.45, 2.75) is 52.2 Å². The molecule has 0 aliphatic rings. The van der Waals surface area contributed by atoms with E-state index in [1.54, 1.807) is 6.92 Å². The van der Waals surface area contributed by atoms with Gasteiger partial charge in [-0.15, -0.1) is 0 Å². The Bertz CT molecular complexity index is 146. The summed E-state index contributed by atoms with van der Waals surface area (Å²) in [5.41, 5.74) is 4.77. The van der Waals surface area contributed by atoms with Crippen molar-refractivity contribution >= 4 is 0 Å². The van der Waals surface area contributed by atoms with Crippen LogP contribution in [-0.4, -0.2) is 41.3 Å². The van der Waals surface area contributed by atoms with Crippen LogP contribution < -0.4 is 5.73 Å². The summed E-state index contributed by atoms with van der Waals surface area (Å²) in [6.45, 7) is 10.8. The number of rotatable bonds is 7. The van der Waals surface area contributed by atoms with Crippen molar-refractivity contribution in [1.82, 2.24) is 4.90 Å². The minimum Gasteiger partial charge on any atom is -0.389 e. The van der Waals surface area contributed by atoms with Crippen LogP contribution in [0.2, 0.25) is 0 Å². The predicted molar refractivity (Wildman–Crippen MR) is 61.3 cm³/mol. The molecule has 0 heterocycles. The molecule has 0 aromatic heterocycles. The summed E-state index contributed by atoms with van der Waals surface area (Å²) in [7, 11) is 0. The Morgan fingerprint density at radius 3 is 2.36 bits per heavy atom. The Hall–Kier alpha value is -0.120. The molecule has 0 bridgehead atoms. The fraction of sp³-hybridized carbons (Fsp3) is 1.00. The first kappa shape index (κ1) is 13.9. The summed E-state index contributed by atoms with van der Waals surface area (Å²) < 4.78 is 0. The largest absolute Gasteiger partial charge is 0.389 e. The standard InChI is InChI=1S/C11H26N2O/c1-5-13(10(2)3)8-6-7-11(4,14)9-12/h10,14H,5-9,12H2,1-4H3. The molecule has 1 unspecified atom stereocenters. The molecule has 0 rings (SSSR count). The van der Waals surface area contributed by atoms with Crippen LogP contribution in [0.3, 0.4) is 0 Å². The highest BCUT2D eigenvalue weighted by Gasteiger charge is 2.17. The quantitative estimate of drug-likeness (QED) is 0.652. The first-order chi connectivity index (χ1) is 6.43. The van der Waals surface area contributed by atoms with Crippen molar-refractivity contribution in [2.24, 2.45) is 5.73 Å². The first-order valence-corrected chi connectivity index (χ1v) is 5.59. The van der Waals surface area contributed by atoms with Crippen LogP contribution in [0.25, 0.3) is 0 Å². The smallest absolute Gasteiger partial charge is 0.0741 e. The second kappa shape index (κ2) is 6.38. The van der Waals surface area contributed by atoms with Gasteiger partial charge in [-0.2, -0.15) is 0 Å². The molecule has 86 valence electrons. The lowest BCUT2D eigenvalue weighted by atomic mass is 10.0. The molecule has 0 spiro atoms. The summed E-state index contributed by atoms with van der Waals surface area (Å²) in [4.78, 5) is 2.40. The highest BCUT2D eigenvalue weighted by Crippen LogP contribution is 2.11. The van der Waals surface area contributed by atoms with E-state index in [0.717, 1.165) is 25.9 Å². The van der Waals surface area contributed by atoms with Gasteiger partial charge in [0.1, 0.15) is 0 Å². The van der Waals surface area contributed by atoms with Gasteiger partial charge in [0.2, 0.25) is 0 Å². The average Bonchev–Trinajstić information content (AvgIpc) is 2.12. The maximum atomic E-state index is 9.70. The molecular formula is C11H26N2O. The van der Waals surface area contributed by atoms with Crippen LogP contribution in [0.1, 0.15) is 40.5 Å². The summed E-state index contributed by atoms with van der Waals surface area (Å²) >= 11 is 0. The van der Waals surface area contributed by atoms with Gasteiger partial charge in [0, 0.05) is 12.6 Å². The minimum atomic E-state index is -0.684. The highest BCUT2D eigenvalue weighted by molar-refractivity contribution is 4.74. The zero-order valence-corrected chi connectivity index (χ0v) is 10.1.